The summed E-state index contributed by atoms with van der Waals surface area (Å²) in [5, 5.41) is 13.1. The van der Waals surface area contributed by atoms with E-state index in [1.807, 2.05) is 13.8 Å². The molecule has 1 N–H and O–H groups in total. The Balaban J connectivity index is 1.59. The summed E-state index contributed by atoms with van der Waals surface area (Å²) in [5.41, 5.74) is 0.937. The highest BCUT2D eigenvalue weighted by molar-refractivity contribution is 7.15. The quantitative estimate of drug-likeness (QED) is 0.813. The number of rotatable bonds is 6. The molecule has 3 rings (SSSR count). The highest BCUT2D eigenvalue weighted by atomic mass is 32.1. The highest BCUT2D eigenvalue weighted by Gasteiger charge is 2.36. The summed E-state index contributed by atoms with van der Waals surface area (Å²) in [6.07, 6.45) is 0.186. The lowest BCUT2D eigenvalue weighted by Gasteiger charge is -2.12. The second-order valence-electron chi connectivity index (χ2n) is 5.78. The summed E-state index contributed by atoms with van der Waals surface area (Å²) < 4.78 is 5.01. The number of hydrogen-bond donors (Lipinski definition) is 1. The first kappa shape index (κ1) is 17.9. The van der Waals surface area contributed by atoms with Crippen LogP contribution < -0.4 is 10.2 Å². The van der Waals surface area contributed by atoms with E-state index in [1.54, 1.807) is 18.4 Å². The molecule has 2 aromatic heterocycles. The van der Waals surface area contributed by atoms with Crippen LogP contribution in [0.2, 0.25) is 0 Å². The van der Waals surface area contributed by atoms with Gasteiger partial charge in [-0.05, 0) is 13.8 Å². The number of carbonyl (C=O) groups is 2. The first-order valence-electron chi connectivity index (χ1n) is 7.80. The number of anilines is 1. The maximum atomic E-state index is 12.4. The average molecular weight is 381 g/mol. The molecule has 0 aliphatic carbocycles. The summed E-state index contributed by atoms with van der Waals surface area (Å²) in [4.78, 5) is 31.6. The number of carbonyl (C=O) groups excluding carboxylic acids is 2. The van der Waals surface area contributed by atoms with Gasteiger partial charge < -0.3 is 10.1 Å². The molecule has 2 amide bonds. The second kappa shape index (κ2) is 7.54. The lowest BCUT2D eigenvalue weighted by atomic mass is 10.1. The predicted molar refractivity (Wildman–Crippen MR) is 94.5 cm³/mol. The Hall–Kier alpha value is -1.91. The standard InChI is InChI=1S/C15H19N5O3S2/c1-8-11(24-9(2)17-8)5-16-14(22)10-4-13(21)20(6-10)15-19-18-12(25-15)7-23-3/h10H,4-7H2,1-3H3,(H,16,22). The predicted octanol–water partition coefficient (Wildman–Crippen LogP) is 1.43. The van der Waals surface area contributed by atoms with Crippen LogP contribution in [0.25, 0.3) is 0 Å². The Morgan fingerprint density at radius 3 is 2.84 bits per heavy atom. The van der Waals surface area contributed by atoms with Gasteiger partial charge in [0.05, 0.1) is 23.2 Å². The molecule has 1 aliphatic rings. The molecule has 25 heavy (non-hydrogen) atoms. The van der Waals surface area contributed by atoms with Crippen molar-refractivity contribution in [3.63, 3.8) is 0 Å². The van der Waals surface area contributed by atoms with Crippen molar-refractivity contribution in [3.8, 4) is 0 Å². The van der Waals surface area contributed by atoms with E-state index >= 15 is 0 Å². The van der Waals surface area contributed by atoms with Crippen LogP contribution >= 0.6 is 22.7 Å². The van der Waals surface area contributed by atoms with Crippen molar-refractivity contribution in [2.24, 2.45) is 5.92 Å². The first-order chi connectivity index (χ1) is 12.0. The fourth-order valence-corrected chi connectivity index (χ4v) is 4.37. The van der Waals surface area contributed by atoms with Gasteiger partial charge in [0.2, 0.25) is 16.9 Å². The van der Waals surface area contributed by atoms with Crippen LogP contribution in [0.5, 0.6) is 0 Å². The molecule has 1 fully saturated rings. The number of nitrogens with one attached hydrogen (secondary N) is 1. The van der Waals surface area contributed by atoms with E-state index in [0.717, 1.165) is 15.6 Å². The number of aromatic nitrogens is 3. The molecule has 0 aromatic carbocycles. The molecule has 0 bridgehead atoms. The molecular formula is C15H19N5O3S2. The highest BCUT2D eigenvalue weighted by Crippen LogP contribution is 2.28. The zero-order valence-corrected chi connectivity index (χ0v) is 15.9. The van der Waals surface area contributed by atoms with Crippen LogP contribution in [0.1, 0.15) is 27.0 Å². The molecule has 1 atom stereocenters. The molecule has 2 aromatic rings. The molecule has 3 heterocycles. The van der Waals surface area contributed by atoms with Gasteiger partial charge in [-0.25, -0.2) is 4.98 Å². The molecule has 10 heteroatoms. The van der Waals surface area contributed by atoms with Gasteiger partial charge in [0, 0.05) is 25.0 Å². The molecule has 1 saturated heterocycles. The van der Waals surface area contributed by atoms with E-state index in [9.17, 15) is 9.59 Å². The number of aryl methyl sites for hydroxylation is 2. The summed E-state index contributed by atoms with van der Waals surface area (Å²) in [6, 6.07) is 0. The molecule has 1 unspecified atom stereocenters. The maximum Gasteiger partial charge on any atom is 0.229 e. The van der Waals surface area contributed by atoms with E-state index < -0.39 is 0 Å². The van der Waals surface area contributed by atoms with Gasteiger partial charge in [0.25, 0.3) is 0 Å². The van der Waals surface area contributed by atoms with Gasteiger partial charge in [0.15, 0.2) is 0 Å². The Morgan fingerprint density at radius 1 is 1.36 bits per heavy atom. The van der Waals surface area contributed by atoms with Gasteiger partial charge in [-0.3, -0.25) is 14.5 Å². The minimum absolute atomic E-state index is 0.106. The van der Waals surface area contributed by atoms with Crippen LogP contribution in [0.3, 0.4) is 0 Å². The van der Waals surface area contributed by atoms with E-state index in [4.69, 9.17) is 4.74 Å². The smallest absolute Gasteiger partial charge is 0.229 e. The van der Waals surface area contributed by atoms with Crippen LogP contribution in [-0.4, -0.2) is 40.7 Å². The van der Waals surface area contributed by atoms with Gasteiger partial charge in [0.1, 0.15) is 11.6 Å². The summed E-state index contributed by atoms with van der Waals surface area (Å²) >= 11 is 2.88. The fourth-order valence-electron chi connectivity index (χ4n) is 2.65. The van der Waals surface area contributed by atoms with Crippen molar-refractivity contribution in [2.75, 3.05) is 18.6 Å². The Bertz CT molecular complexity index is 788. The minimum atomic E-state index is -0.378. The van der Waals surface area contributed by atoms with E-state index in [0.29, 0.717) is 29.8 Å². The monoisotopic (exact) mass is 381 g/mol. The number of thiazole rings is 1. The molecule has 8 nitrogen and oxygen atoms in total. The zero-order valence-electron chi connectivity index (χ0n) is 14.2. The Labute approximate surface area is 153 Å². The third kappa shape index (κ3) is 4.02. The molecular weight excluding hydrogens is 362 g/mol. The van der Waals surface area contributed by atoms with Crippen LogP contribution in [0.4, 0.5) is 5.13 Å². The summed E-state index contributed by atoms with van der Waals surface area (Å²) in [6.45, 7) is 5.00. The van der Waals surface area contributed by atoms with Crippen molar-refractivity contribution >= 4 is 39.6 Å². The molecule has 134 valence electrons. The Kier molecular flexibility index (Phi) is 5.40. The zero-order chi connectivity index (χ0) is 18.0. The number of nitrogens with zero attached hydrogens (tertiary/aromatic N) is 4. The van der Waals surface area contributed by atoms with Crippen molar-refractivity contribution in [1.29, 1.82) is 0 Å². The van der Waals surface area contributed by atoms with Crippen molar-refractivity contribution in [1.82, 2.24) is 20.5 Å². The lowest BCUT2D eigenvalue weighted by Crippen LogP contribution is -2.32. The van der Waals surface area contributed by atoms with Gasteiger partial charge in [-0.1, -0.05) is 11.3 Å². The van der Waals surface area contributed by atoms with E-state index in [-0.39, 0.29) is 24.2 Å². The second-order valence-corrected chi connectivity index (χ2v) is 8.10. The maximum absolute atomic E-state index is 12.4. The van der Waals surface area contributed by atoms with Gasteiger partial charge in [-0.15, -0.1) is 21.5 Å². The van der Waals surface area contributed by atoms with Gasteiger partial charge in [-0.2, -0.15) is 0 Å². The Morgan fingerprint density at radius 2 is 2.16 bits per heavy atom. The number of hydrogen-bond acceptors (Lipinski definition) is 8. The molecule has 0 saturated carbocycles. The number of amides is 2. The number of methoxy groups -OCH3 is 1. The van der Waals surface area contributed by atoms with Crippen LogP contribution in [0, 0.1) is 19.8 Å². The summed E-state index contributed by atoms with van der Waals surface area (Å²) in [5.74, 6) is -0.607. The molecule has 1 aliphatic heterocycles. The first-order valence-corrected chi connectivity index (χ1v) is 9.43. The van der Waals surface area contributed by atoms with Crippen molar-refractivity contribution in [3.05, 3.63) is 20.6 Å². The number of ether oxygens (including phenoxy) is 1. The van der Waals surface area contributed by atoms with Crippen molar-refractivity contribution < 1.29 is 14.3 Å². The average Bonchev–Trinajstić information content (AvgIpc) is 3.25. The molecule has 0 spiro atoms. The van der Waals surface area contributed by atoms with Crippen LogP contribution in [0.15, 0.2) is 0 Å². The topological polar surface area (TPSA) is 97.3 Å². The van der Waals surface area contributed by atoms with E-state index in [1.165, 1.54) is 16.2 Å². The van der Waals surface area contributed by atoms with E-state index in [2.05, 4.69) is 20.5 Å². The lowest BCUT2D eigenvalue weighted by molar-refractivity contribution is -0.126. The van der Waals surface area contributed by atoms with Gasteiger partial charge >= 0.3 is 0 Å². The fraction of sp³-hybridized carbons (Fsp3) is 0.533. The normalized spacial score (nSPS) is 17.3. The van der Waals surface area contributed by atoms with Crippen LogP contribution in [-0.2, 0) is 27.5 Å². The van der Waals surface area contributed by atoms with Crippen molar-refractivity contribution in [2.45, 2.75) is 33.4 Å². The minimum Gasteiger partial charge on any atom is -0.377 e. The third-order valence-electron chi connectivity index (χ3n) is 3.87. The largest absolute Gasteiger partial charge is 0.377 e. The molecule has 0 radical (unpaired) electrons. The third-order valence-corrected chi connectivity index (χ3v) is 5.87. The summed E-state index contributed by atoms with van der Waals surface area (Å²) in [7, 11) is 1.58. The SMILES string of the molecule is COCc1nnc(N2CC(C(=O)NCc3sc(C)nc3C)CC2=O)s1.